The molecule has 0 aliphatic carbocycles. The molecular formula is C12H19F3N2O4. The Balaban J connectivity index is 2.45. The van der Waals surface area contributed by atoms with Crippen molar-refractivity contribution >= 4 is 12.0 Å². The lowest BCUT2D eigenvalue weighted by Gasteiger charge is -2.33. The molecule has 6 nitrogen and oxygen atoms in total. The maximum Gasteiger partial charge on any atom is 0.391 e. The third kappa shape index (κ3) is 5.78. The smallest absolute Gasteiger partial charge is 0.391 e. The molecule has 1 atom stereocenters. The molecule has 0 radical (unpaired) electrons. The van der Waals surface area contributed by atoms with Crippen molar-refractivity contribution in [3.05, 3.63) is 0 Å². The molecule has 1 fully saturated rings. The highest BCUT2D eigenvalue weighted by Crippen LogP contribution is 2.30. The predicted octanol–water partition coefficient (Wildman–Crippen LogP) is 1.51. The van der Waals surface area contributed by atoms with E-state index in [1.165, 1.54) is 6.92 Å². The van der Waals surface area contributed by atoms with Crippen molar-refractivity contribution in [3.8, 4) is 0 Å². The summed E-state index contributed by atoms with van der Waals surface area (Å²) in [6.07, 6.45) is -5.00. The van der Waals surface area contributed by atoms with Crippen LogP contribution in [0.1, 0.15) is 26.2 Å². The fraction of sp³-hybridized carbons (Fsp3) is 0.833. The number of nitrogens with one attached hydrogen (secondary N) is 2. The average molecular weight is 312 g/mol. The van der Waals surface area contributed by atoms with E-state index in [0.29, 0.717) is 0 Å². The zero-order valence-corrected chi connectivity index (χ0v) is 11.6. The molecule has 1 aliphatic heterocycles. The van der Waals surface area contributed by atoms with E-state index in [0.717, 1.165) is 0 Å². The van der Waals surface area contributed by atoms with E-state index in [2.05, 4.69) is 10.6 Å². The van der Waals surface area contributed by atoms with Crippen molar-refractivity contribution in [2.24, 2.45) is 5.41 Å². The zero-order chi connectivity index (χ0) is 16.1. The maximum atomic E-state index is 12.1. The normalized spacial score (nSPS) is 19.6. The number of urea groups is 1. The van der Waals surface area contributed by atoms with E-state index in [4.69, 9.17) is 4.74 Å². The van der Waals surface area contributed by atoms with Gasteiger partial charge in [-0.25, -0.2) is 4.79 Å². The highest BCUT2D eigenvalue weighted by molar-refractivity contribution is 5.78. The molecule has 1 heterocycles. The molecule has 21 heavy (non-hydrogen) atoms. The summed E-state index contributed by atoms with van der Waals surface area (Å²) < 4.78 is 41.5. The van der Waals surface area contributed by atoms with Crippen molar-refractivity contribution in [1.29, 1.82) is 0 Å². The predicted molar refractivity (Wildman–Crippen MR) is 66.8 cm³/mol. The summed E-state index contributed by atoms with van der Waals surface area (Å²) in [6, 6.07) is -1.89. The Morgan fingerprint density at radius 1 is 1.33 bits per heavy atom. The molecule has 3 N–H and O–H groups in total. The number of carboxylic acid groups (broad SMARTS) is 1. The maximum absolute atomic E-state index is 12.1. The average Bonchev–Trinajstić information content (AvgIpc) is 2.35. The van der Waals surface area contributed by atoms with Crippen molar-refractivity contribution in [1.82, 2.24) is 10.6 Å². The molecule has 122 valence electrons. The minimum absolute atomic E-state index is 0.143. The molecule has 0 aromatic carbocycles. The number of carbonyl (C=O) groups excluding carboxylic acids is 1. The first kappa shape index (κ1) is 17.5. The third-order valence-electron chi connectivity index (χ3n) is 3.41. The van der Waals surface area contributed by atoms with Gasteiger partial charge in [-0.1, -0.05) is 0 Å². The molecule has 0 saturated carbocycles. The van der Waals surface area contributed by atoms with E-state index >= 15 is 0 Å². The summed E-state index contributed by atoms with van der Waals surface area (Å²) in [5, 5.41) is 13.7. The van der Waals surface area contributed by atoms with Crippen LogP contribution in [-0.4, -0.2) is 49.1 Å². The fourth-order valence-electron chi connectivity index (χ4n) is 2.15. The first-order valence-corrected chi connectivity index (χ1v) is 6.57. The number of alkyl halides is 3. The van der Waals surface area contributed by atoms with Crippen LogP contribution in [0.3, 0.4) is 0 Å². The van der Waals surface area contributed by atoms with Gasteiger partial charge >= 0.3 is 18.2 Å². The van der Waals surface area contributed by atoms with Gasteiger partial charge in [0.2, 0.25) is 0 Å². The highest BCUT2D eigenvalue weighted by Gasteiger charge is 2.40. The summed E-state index contributed by atoms with van der Waals surface area (Å²) >= 11 is 0. The second-order valence-electron chi connectivity index (χ2n) is 5.25. The fourth-order valence-corrected chi connectivity index (χ4v) is 2.15. The Kier molecular flexibility index (Phi) is 5.82. The minimum Gasteiger partial charge on any atom is -0.481 e. The van der Waals surface area contributed by atoms with Crippen LogP contribution in [-0.2, 0) is 9.53 Å². The van der Waals surface area contributed by atoms with Crippen molar-refractivity contribution in [2.45, 2.75) is 38.4 Å². The van der Waals surface area contributed by atoms with E-state index in [-0.39, 0.29) is 32.6 Å². The topological polar surface area (TPSA) is 87.7 Å². The van der Waals surface area contributed by atoms with Gasteiger partial charge in [0.25, 0.3) is 0 Å². The molecule has 1 unspecified atom stereocenters. The second-order valence-corrected chi connectivity index (χ2v) is 5.25. The summed E-state index contributed by atoms with van der Waals surface area (Å²) in [5.41, 5.74) is -1.12. The number of ether oxygens (including phenoxy) is 1. The van der Waals surface area contributed by atoms with E-state index in [9.17, 15) is 27.9 Å². The monoisotopic (exact) mass is 312 g/mol. The first-order valence-electron chi connectivity index (χ1n) is 6.57. The molecule has 0 aromatic heterocycles. The Bertz CT molecular complexity index is 381. The second kappa shape index (κ2) is 6.97. The van der Waals surface area contributed by atoms with E-state index in [1.54, 1.807) is 0 Å². The van der Waals surface area contributed by atoms with Crippen molar-refractivity contribution in [2.75, 3.05) is 19.8 Å². The quantitative estimate of drug-likeness (QED) is 0.718. The van der Waals surface area contributed by atoms with Gasteiger partial charge in [0, 0.05) is 25.8 Å². The van der Waals surface area contributed by atoms with Gasteiger partial charge in [-0.15, -0.1) is 0 Å². The molecule has 0 spiro atoms. The third-order valence-corrected chi connectivity index (χ3v) is 3.41. The first-order chi connectivity index (χ1) is 9.65. The highest BCUT2D eigenvalue weighted by atomic mass is 19.4. The van der Waals surface area contributed by atoms with Crippen molar-refractivity contribution in [3.63, 3.8) is 0 Å². The molecule has 1 rings (SSSR count). The summed E-state index contributed by atoms with van der Waals surface area (Å²) in [6.45, 7) is 1.64. The number of halogens is 3. The molecular weight excluding hydrogens is 293 g/mol. The number of rotatable bonds is 5. The van der Waals surface area contributed by atoms with Gasteiger partial charge in [-0.2, -0.15) is 13.2 Å². The number of carboxylic acids is 1. The Hall–Kier alpha value is -1.51. The summed E-state index contributed by atoms with van der Waals surface area (Å²) in [5.74, 6) is -1.05. The van der Waals surface area contributed by atoms with Gasteiger partial charge in [-0.05, 0) is 19.8 Å². The summed E-state index contributed by atoms with van der Waals surface area (Å²) in [7, 11) is 0. The van der Waals surface area contributed by atoms with Crippen LogP contribution in [0.4, 0.5) is 18.0 Å². The van der Waals surface area contributed by atoms with E-state index < -0.39 is 36.1 Å². The number of carbonyl (C=O) groups is 2. The molecule has 2 amide bonds. The van der Waals surface area contributed by atoms with Crippen LogP contribution in [0.25, 0.3) is 0 Å². The number of amides is 2. The molecule has 1 aliphatic rings. The molecule has 9 heteroatoms. The zero-order valence-electron chi connectivity index (χ0n) is 11.6. The van der Waals surface area contributed by atoms with Gasteiger partial charge < -0.3 is 20.5 Å². The van der Waals surface area contributed by atoms with Gasteiger partial charge in [0.15, 0.2) is 0 Å². The van der Waals surface area contributed by atoms with Gasteiger partial charge in [-0.3, -0.25) is 4.79 Å². The Morgan fingerprint density at radius 3 is 2.38 bits per heavy atom. The van der Waals surface area contributed by atoms with Crippen LogP contribution in [0.15, 0.2) is 0 Å². The minimum atomic E-state index is -4.37. The number of aliphatic carboxylic acids is 1. The van der Waals surface area contributed by atoms with Gasteiger partial charge in [0.1, 0.15) is 0 Å². The Labute approximate surface area is 120 Å². The SMILES string of the molecule is CC(CC(F)(F)F)NC(=O)NCC1(C(=O)O)CCOCC1. The lowest BCUT2D eigenvalue weighted by atomic mass is 9.80. The molecule has 1 saturated heterocycles. The van der Waals surface area contributed by atoms with Gasteiger partial charge in [0.05, 0.1) is 11.8 Å². The van der Waals surface area contributed by atoms with Crippen LogP contribution in [0.2, 0.25) is 0 Å². The van der Waals surface area contributed by atoms with Crippen LogP contribution < -0.4 is 10.6 Å². The largest absolute Gasteiger partial charge is 0.481 e. The number of hydrogen-bond acceptors (Lipinski definition) is 3. The number of hydrogen-bond donors (Lipinski definition) is 3. The van der Waals surface area contributed by atoms with Crippen molar-refractivity contribution < 1.29 is 32.6 Å². The lowest BCUT2D eigenvalue weighted by molar-refractivity contribution is -0.154. The standard InChI is InChI=1S/C12H19F3N2O4/c1-8(6-12(13,14)15)17-10(20)16-7-11(9(18)19)2-4-21-5-3-11/h8H,2-7H2,1H3,(H,18,19)(H2,16,17,20). The molecule has 0 bridgehead atoms. The Morgan fingerprint density at radius 2 is 1.90 bits per heavy atom. The van der Waals surface area contributed by atoms with Crippen LogP contribution in [0.5, 0.6) is 0 Å². The van der Waals surface area contributed by atoms with E-state index in [1.807, 2.05) is 0 Å². The summed E-state index contributed by atoms with van der Waals surface area (Å²) in [4.78, 5) is 22.9. The lowest BCUT2D eigenvalue weighted by Crippen LogP contribution is -2.50. The van der Waals surface area contributed by atoms with Crippen LogP contribution in [0, 0.1) is 5.41 Å². The van der Waals surface area contributed by atoms with Crippen LogP contribution >= 0.6 is 0 Å². The molecule has 0 aromatic rings.